The number of sulfonamides is 1. The standard InChI is InChI=1S/C13H20N2O3S/c1-5-9(3)15-13(16)12-7-11(19(14,17)18)6-8(2)10(12)4/h6-7,9H,5H2,1-4H3,(H,15,16)(H2,14,17,18). The summed E-state index contributed by atoms with van der Waals surface area (Å²) in [6.45, 7) is 7.39. The lowest BCUT2D eigenvalue weighted by Crippen LogP contribution is -2.32. The molecule has 106 valence electrons. The highest BCUT2D eigenvalue weighted by molar-refractivity contribution is 7.89. The zero-order valence-electron chi connectivity index (χ0n) is 11.6. The van der Waals surface area contributed by atoms with Crippen molar-refractivity contribution in [3.05, 3.63) is 28.8 Å². The number of hydrogen-bond donors (Lipinski definition) is 2. The molecule has 0 radical (unpaired) electrons. The molecule has 6 heteroatoms. The number of benzene rings is 1. The first kappa shape index (κ1) is 15.7. The second-order valence-electron chi connectivity index (χ2n) is 4.74. The Labute approximate surface area is 114 Å². The van der Waals surface area contributed by atoms with Gasteiger partial charge in [0.15, 0.2) is 0 Å². The van der Waals surface area contributed by atoms with E-state index in [1.54, 1.807) is 13.8 Å². The molecular weight excluding hydrogens is 264 g/mol. The molecule has 0 aromatic heterocycles. The smallest absolute Gasteiger partial charge is 0.251 e. The average molecular weight is 284 g/mol. The molecule has 0 aliphatic rings. The number of amides is 1. The fourth-order valence-electron chi connectivity index (χ4n) is 1.63. The minimum atomic E-state index is -3.81. The van der Waals surface area contributed by atoms with Gasteiger partial charge in [0.05, 0.1) is 4.90 Å². The van der Waals surface area contributed by atoms with Crippen LogP contribution in [0.4, 0.5) is 0 Å². The molecule has 1 rings (SSSR count). The summed E-state index contributed by atoms with van der Waals surface area (Å²) in [6, 6.07) is 2.84. The lowest BCUT2D eigenvalue weighted by Gasteiger charge is -2.15. The second kappa shape index (κ2) is 5.71. The normalized spacial score (nSPS) is 13.1. The van der Waals surface area contributed by atoms with Crippen LogP contribution < -0.4 is 10.5 Å². The van der Waals surface area contributed by atoms with Gasteiger partial charge >= 0.3 is 0 Å². The van der Waals surface area contributed by atoms with Crippen LogP contribution in [0.1, 0.15) is 41.8 Å². The van der Waals surface area contributed by atoms with E-state index in [0.29, 0.717) is 5.56 Å². The summed E-state index contributed by atoms with van der Waals surface area (Å²) < 4.78 is 22.8. The first-order chi connectivity index (χ1) is 8.66. The van der Waals surface area contributed by atoms with Gasteiger partial charge in [-0.05, 0) is 50.5 Å². The van der Waals surface area contributed by atoms with E-state index in [1.807, 2.05) is 13.8 Å². The first-order valence-electron chi connectivity index (χ1n) is 6.11. The zero-order chi connectivity index (χ0) is 14.8. The number of aryl methyl sites for hydroxylation is 1. The van der Waals surface area contributed by atoms with E-state index >= 15 is 0 Å². The Morgan fingerprint density at radius 1 is 1.37 bits per heavy atom. The number of primary sulfonamides is 1. The molecule has 1 amide bonds. The van der Waals surface area contributed by atoms with Crippen LogP contribution >= 0.6 is 0 Å². The van der Waals surface area contributed by atoms with E-state index in [-0.39, 0.29) is 16.8 Å². The predicted octanol–water partition coefficient (Wildman–Crippen LogP) is 1.48. The van der Waals surface area contributed by atoms with E-state index < -0.39 is 10.0 Å². The highest BCUT2D eigenvalue weighted by Crippen LogP contribution is 2.19. The van der Waals surface area contributed by atoms with Crippen molar-refractivity contribution in [2.75, 3.05) is 0 Å². The number of nitrogens with one attached hydrogen (secondary N) is 1. The fourth-order valence-corrected chi connectivity index (χ4v) is 2.25. The molecule has 1 aromatic rings. The van der Waals surface area contributed by atoms with Gasteiger partial charge in [-0.2, -0.15) is 0 Å². The topological polar surface area (TPSA) is 89.3 Å². The lowest BCUT2D eigenvalue weighted by atomic mass is 10.0. The molecule has 0 saturated heterocycles. The number of hydrogen-bond acceptors (Lipinski definition) is 3. The molecule has 0 saturated carbocycles. The monoisotopic (exact) mass is 284 g/mol. The Morgan fingerprint density at radius 2 is 1.95 bits per heavy atom. The van der Waals surface area contributed by atoms with E-state index in [2.05, 4.69) is 5.32 Å². The molecule has 0 bridgehead atoms. The van der Waals surface area contributed by atoms with Crippen molar-refractivity contribution in [2.24, 2.45) is 5.14 Å². The van der Waals surface area contributed by atoms with Gasteiger partial charge in [0.25, 0.3) is 5.91 Å². The van der Waals surface area contributed by atoms with Crippen LogP contribution in [0.3, 0.4) is 0 Å². The van der Waals surface area contributed by atoms with Gasteiger partial charge in [-0.1, -0.05) is 6.92 Å². The van der Waals surface area contributed by atoms with Gasteiger partial charge in [-0.15, -0.1) is 0 Å². The van der Waals surface area contributed by atoms with Gasteiger partial charge in [0.1, 0.15) is 0 Å². The molecule has 0 spiro atoms. The Morgan fingerprint density at radius 3 is 2.42 bits per heavy atom. The van der Waals surface area contributed by atoms with E-state index in [9.17, 15) is 13.2 Å². The van der Waals surface area contributed by atoms with Crippen molar-refractivity contribution in [1.29, 1.82) is 0 Å². The predicted molar refractivity (Wildman–Crippen MR) is 74.5 cm³/mol. The van der Waals surface area contributed by atoms with Crippen LogP contribution in [0.15, 0.2) is 17.0 Å². The van der Waals surface area contributed by atoms with Crippen LogP contribution in [0, 0.1) is 13.8 Å². The zero-order valence-corrected chi connectivity index (χ0v) is 12.5. The molecule has 0 fully saturated rings. The van der Waals surface area contributed by atoms with Gasteiger partial charge in [0.2, 0.25) is 10.0 Å². The summed E-state index contributed by atoms with van der Waals surface area (Å²) in [7, 11) is -3.81. The molecule has 0 aliphatic heterocycles. The van der Waals surface area contributed by atoms with Crippen LogP contribution in [0.25, 0.3) is 0 Å². The average Bonchev–Trinajstić information content (AvgIpc) is 2.30. The van der Waals surface area contributed by atoms with E-state index in [4.69, 9.17) is 5.14 Å². The Hall–Kier alpha value is -1.40. The Balaban J connectivity index is 3.27. The molecule has 19 heavy (non-hydrogen) atoms. The van der Waals surface area contributed by atoms with Gasteiger partial charge in [0, 0.05) is 11.6 Å². The first-order valence-corrected chi connectivity index (χ1v) is 7.66. The number of carbonyl (C=O) groups is 1. The van der Waals surface area contributed by atoms with Crippen LogP contribution in [-0.2, 0) is 10.0 Å². The second-order valence-corrected chi connectivity index (χ2v) is 6.30. The molecule has 3 N–H and O–H groups in total. The molecular formula is C13H20N2O3S. The third-order valence-electron chi connectivity index (χ3n) is 3.20. The van der Waals surface area contributed by atoms with E-state index in [0.717, 1.165) is 17.5 Å². The lowest BCUT2D eigenvalue weighted by molar-refractivity contribution is 0.0938. The molecule has 1 aromatic carbocycles. The minimum absolute atomic E-state index is 0.0327. The maximum absolute atomic E-state index is 12.1. The third-order valence-corrected chi connectivity index (χ3v) is 4.10. The van der Waals surface area contributed by atoms with Gasteiger partial charge in [-0.3, -0.25) is 4.79 Å². The Kier molecular flexibility index (Phi) is 4.70. The maximum Gasteiger partial charge on any atom is 0.251 e. The summed E-state index contributed by atoms with van der Waals surface area (Å²) in [6.07, 6.45) is 0.804. The maximum atomic E-state index is 12.1. The van der Waals surface area contributed by atoms with Gasteiger partial charge in [-0.25, -0.2) is 13.6 Å². The summed E-state index contributed by atoms with van der Waals surface area (Å²) in [5.74, 6) is -0.277. The highest BCUT2D eigenvalue weighted by atomic mass is 32.2. The fraction of sp³-hybridized carbons (Fsp3) is 0.462. The summed E-state index contributed by atoms with van der Waals surface area (Å²) in [5, 5.41) is 7.93. The quantitative estimate of drug-likeness (QED) is 0.877. The Bertz CT molecular complexity index is 594. The summed E-state index contributed by atoms with van der Waals surface area (Å²) >= 11 is 0. The molecule has 5 nitrogen and oxygen atoms in total. The molecule has 1 unspecified atom stereocenters. The van der Waals surface area contributed by atoms with Crippen molar-refractivity contribution in [2.45, 2.75) is 45.1 Å². The van der Waals surface area contributed by atoms with Crippen molar-refractivity contribution < 1.29 is 13.2 Å². The van der Waals surface area contributed by atoms with Gasteiger partial charge < -0.3 is 5.32 Å². The SMILES string of the molecule is CCC(C)NC(=O)c1cc(S(N)(=O)=O)cc(C)c1C. The van der Waals surface area contributed by atoms with Crippen LogP contribution in [0.2, 0.25) is 0 Å². The van der Waals surface area contributed by atoms with Crippen molar-refractivity contribution >= 4 is 15.9 Å². The number of nitrogens with two attached hydrogens (primary N) is 1. The third kappa shape index (κ3) is 3.78. The summed E-state index contributed by atoms with van der Waals surface area (Å²) in [4.78, 5) is 12.1. The van der Waals surface area contributed by atoms with Crippen LogP contribution in [0.5, 0.6) is 0 Å². The van der Waals surface area contributed by atoms with Crippen molar-refractivity contribution in [1.82, 2.24) is 5.32 Å². The minimum Gasteiger partial charge on any atom is -0.350 e. The van der Waals surface area contributed by atoms with E-state index in [1.165, 1.54) is 12.1 Å². The largest absolute Gasteiger partial charge is 0.350 e. The number of rotatable bonds is 4. The van der Waals surface area contributed by atoms with Crippen molar-refractivity contribution in [3.8, 4) is 0 Å². The molecule has 1 atom stereocenters. The highest BCUT2D eigenvalue weighted by Gasteiger charge is 2.17. The van der Waals surface area contributed by atoms with Crippen molar-refractivity contribution in [3.63, 3.8) is 0 Å². The van der Waals surface area contributed by atoms with Crippen LogP contribution in [-0.4, -0.2) is 20.4 Å². The molecule has 0 heterocycles. The summed E-state index contributed by atoms with van der Waals surface area (Å²) in [5.41, 5.74) is 1.83. The molecule has 0 aliphatic carbocycles. The number of carbonyl (C=O) groups excluding carboxylic acids is 1.